The van der Waals surface area contributed by atoms with Crippen LogP contribution >= 0.6 is 0 Å². The second kappa shape index (κ2) is 6.81. The number of ketones is 1. The van der Waals surface area contributed by atoms with E-state index in [1.807, 2.05) is 6.92 Å². The summed E-state index contributed by atoms with van der Waals surface area (Å²) in [5, 5.41) is 0. The van der Waals surface area contributed by atoms with Crippen LogP contribution in [0.25, 0.3) is 0 Å². The molecular weight excluding hydrogens is 344 g/mol. The molecule has 1 aromatic rings. The summed E-state index contributed by atoms with van der Waals surface area (Å²) in [6.07, 6.45) is 4.49. The summed E-state index contributed by atoms with van der Waals surface area (Å²) in [4.78, 5) is 30.4. The monoisotopic (exact) mass is 366 g/mol. The van der Waals surface area contributed by atoms with E-state index in [1.165, 1.54) is 33.7 Å². The Labute approximate surface area is 147 Å². The molecule has 0 bridgehead atoms. The number of nitrogens with two attached hydrogens (primary N) is 1. The Kier molecular flexibility index (Phi) is 4.90. The van der Waals surface area contributed by atoms with Gasteiger partial charge in [0.15, 0.2) is 5.78 Å². The molecule has 9 heteroatoms. The molecule has 3 unspecified atom stereocenters. The van der Waals surface area contributed by atoms with Gasteiger partial charge in [-0.3, -0.25) is 14.6 Å². The summed E-state index contributed by atoms with van der Waals surface area (Å²) in [5.74, 6) is -0.532. The van der Waals surface area contributed by atoms with Gasteiger partial charge in [0.25, 0.3) is 0 Å². The van der Waals surface area contributed by atoms with Crippen LogP contribution in [0.2, 0.25) is 0 Å². The number of carbonyl (C=O) groups is 2. The first kappa shape index (κ1) is 18.0. The van der Waals surface area contributed by atoms with Crippen LogP contribution in [0, 0.1) is 0 Å². The molecule has 2 aliphatic rings. The number of amides is 1. The predicted octanol–water partition coefficient (Wildman–Crippen LogP) is -0.248. The second-order valence-corrected chi connectivity index (χ2v) is 8.32. The van der Waals surface area contributed by atoms with Gasteiger partial charge in [0.05, 0.1) is 18.6 Å². The minimum absolute atomic E-state index is 0.0518. The molecule has 8 nitrogen and oxygen atoms in total. The van der Waals surface area contributed by atoms with E-state index < -0.39 is 28.1 Å². The molecule has 0 spiro atoms. The van der Waals surface area contributed by atoms with Gasteiger partial charge in [-0.05, 0) is 25.0 Å². The van der Waals surface area contributed by atoms with Gasteiger partial charge in [0.2, 0.25) is 15.9 Å². The highest BCUT2D eigenvalue weighted by atomic mass is 32.2. The molecule has 0 radical (unpaired) electrons. The van der Waals surface area contributed by atoms with Gasteiger partial charge in [-0.15, -0.1) is 0 Å². The van der Waals surface area contributed by atoms with Crippen LogP contribution < -0.4 is 5.73 Å². The summed E-state index contributed by atoms with van der Waals surface area (Å²) in [7, 11) is -3.82. The highest BCUT2D eigenvalue weighted by Gasteiger charge is 2.54. The van der Waals surface area contributed by atoms with Crippen LogP contribution in [-0.4, -0.2) is 65.5 Å². The average molecular weight is 366 g/mol. The number of Topliss-reactive ketones (excluding diaryl/α,β-unsaturated/α-hetero) is 1. The van der Waals surface area contributed by atoms with Crippen molar-refractivity contribution in [2.24, 2.45) is 5.73 Å². The zero-order chi connectivity index (χ0) is 18.2. The zero-order valence-electron chi connectivity index (χ0n) is 14.0. The molecule has 2 saturated heterocycles. The summed E-state index contributed by atoms with van der Waals surface area (Å²) < 4.78 is 26.9. The van der Waals surface area contributed by atoms with Crippen molar-refractivity contribution in [2.75, 3.05) is 13.1 Å². The van der Waals surface area contributed by atoms with Crippen molar-refractivity contribution in [1.29, 1.82) is 0 Å². The summed E-state index contributed by atoms with van der Waals surface area (Å²) in [6.45, 7) is 2.05. The van der Waals surface area contributed by atoms with Crippen LogP contribution in [0.4, 0.5) is 0 Å². The second-order valence-electron chi connectivity index (χ2n) is 6.43. The highest BCUT2D eigenvalue weighted by molar-refractivity contribution is 7.89. The molecule has 0 aliphatic carbocycles. The van der Waals surface area contributed by atoms with E-state index in [4.69, 9.17) is 5.73 Å². The fraction of sp³-hybridized carbons (Fsp3) is 0.562. The van der Waals surface area contributed by atoms with Gasteiger partial charge in [-0.1, -0.05) is 13.3 Å². The van der Waals surface area contributed by atoms with Gasteiger partial charge in [0.1, 0.15) is 10.9 Å². The predicted molar refractivity (Wildman–Crippen MR) is 89.9 cm³/mol. The molecule has 2 N–H and O–H groups in total. The van der Waals surface area contributed by atoms with Gasteiger partial charge in [0, 0.05) is 18.9 Å². The fourth-order valence-corrected chi connectivity index (χ4v) is 5.21. The third kappa shape index (κ3) is 3.07. The molecule has 0 aromatic carbocycles. The molecule has 0 saturated carbocycles. The Bertz CT molecular complexity index is 768. The SMILES string of the molecule is CCCC(N)C(=O)N1CCC2C1C(=O)CN2S(=O)(=O)c1cccnc1. The van der Waals surface area contributed by atoms with E-state index in [2.05, 4.69) is 4.98 Å². The normalized spacial score (nSPS) is 25.2. The molecule has 1 amide bonds. The summed E-state index contributed by atoms with van der Waals surface area (Å²) in [6, 6.07) is 1.07. The van der Waals surface area contributed by atoms with Crippen molar-refractivity contribution in [3.8, 4) is 0 Å². The molecular formula is C16H22N4O4S. The average Bonchev–Trinajstić information content (AvgIpc) is 3.17. The molecule has 2 fully saturated rings. The van der Waals surface area contributed by atoms with Crippen LogP contribution in [0.1, 0.15) is 26.2 Å². The molecule has 3 rings (SSSR count). The van der Waals surface area contributed by atoms with Crippen molar-refractivity contribution in [3.05, 3.63) is 24.5 Å². The number of rotatable bonds is 5. The van der Waals surface area contributed by atoms with Crippen molar-refractivity contribution in [2.45, 2.75) is 49.2 Å². The molecule has 25 heavy (non-hydrogen) atoms. The largest absolute Gasteiger partial charge is 0.330 e. The summed E-state index contributed by atoms with van der Waals surface area (Å²) >= 11 is 0. The lowest BCUT2D eigenvalue weighted by Gasteiger charge is -2.26. The number of likely N-dealkylation sites (tertiary alicyclic amines) is 1. The number of hydrogen-bond acceptors (Lipinski definition) is 6. The Morgan fingerprint density at radius 2 is 2.24 bits per heavy atom. The number of aromatic nitrogens is 1. The van der Waals surface area contributed by atoms with E-state index >= 15 is 0 Å². The third-order valence-electron chi connectivity index (χ3n) is 4.82. The Morgan fingerprint density at radius 1 is 1.48 bits per heavy atom. The number of fused-ring (bicyclic) bond motifs is 1. The Morgan fingerprint density at radius 3 is 2.88 bits per heavy atom. The van der Waals surface area contributed by atoms with Crippen LogP contribution in [-0.2, 0) is 19.6 Å². The lowest BCUT2D eigenvalue weighted by molar-refractivity contribution is -0.137. The standard InChI is InChI=1S/C16H22N4O4S/c1-2-4-12(17)16(22)19-8-6-13-15(19)14(21)10-20(13)25(23,24)11-5-3-7-18-9-11/h3,5,7,9,12-13,15H,2,4,6,8,10,17H2,1H3. The van der Waals surface area contributed by atoms with E-state index in [0.29, 0.717) is 19.4 Å². The Hall–Kier alpha value is -1.84. The number of nitrogens with zero attached hydrogens (tertiary/aromatic N) is 3. The van der Waals surface area contributed by atoms with Gasteiger partial charge >= 0.3 is 0 Å². The fourth-order valence-electron chi connectivity index (χ4n) is 3.62. The van der Waals surface area contributed by atoms with Crippen molar-refractivity contribution >= 4 is 21.7 Å². The molecule has 136 valence electrons. The topological polar surface area (TPSA) is 114 Å². The number of hydrogen-bond donors (Lipinski definition) is 1. The van der Waals surface area contributed by atoms with Gasteiger partial charge in [-0.2, -0.15) is 4.31 Å². The minimum atomic E-state index is -3.82. The van der Waals surface area contributed by atoms with E-state index in [0.717, 1.165) is 6.42 Å². The van der Waals surface area contributed by atoms with E-state index in [-0.39, 0.29) is 23.1 Å². The van der Waals surface area contributed by atoms with Gasteiger partial charge in [-0.25, -0.2) is 8.42 Å². The van der Waals surface area contributed by atoms with E-state index in [1.54, 1.807) is 0 Å². The number of carbonyl (C=O) groups excluding carboxylic acids is 2. The maximum atomic E-state index is 12.8. The lowest BCUT2D eigenvalue weighted by atomic mass is 10.1. The van der Waals surface area contributed by atoms with Gasteiger partial charge < -0.3 is 10.6 Å². The minimum Gasteiger partial charge on any atom is -0.330 e. The van der Waals surface area contributed by atoms with Crippen molar-refractivity contribution in [3.63, 3.8) is 0 Å². The maximum Gasteiger partial charge on any atom is 0.245 e. The first-order valence-electron chi connectivity index (χ1n) is 8.38. The molecule has 2 aliphatic heterocycles. The molecule has 3 atom stereocenters. The summed E-state index contributed by atoms with van der Waals surface area (Å²) in [5.41, 5.74) is 5.90. The zero-order valence-corrected chi connectivity index (χ0v) is 14.9. The number of sulfonamides is 1. The highest BCUT2D eigenvalue weighted by Crippen LogP contribution is 2.34. The first-order chi connectivity index (χ1) is 11.9. The molecule has 1 aromatic heterocycles. The quantitative estimate of drug-likeness (QED) is 0.769. The van der Waals surface area contributed by atoms with Crippen LogP contribution in [0.5, 0.6) is 0 Å². The first-order valence-corrected chi connectivity index (χ1v) is 9.82. The smallest absolute Gasteiger partial charge is 0.245 e. The lowest BCUT2D eigenvalue weighted by Crippen LogP contribution is -2.49. The van der Waals surface area contributed by atoms with Crippen LogP contribution in [0.15, 0.2) is 29.4 Å². The third-order valence-corrected chi connectivity index (χ3v) is 6.67. The molecule has 3 heterocycles. The van der Waals surface area contributed by atoms with Crippen LogP contribution in [0.3, 0.4) is 0 Å². The Balaban J connectivity index is 1.85. The maximum absolute atomic E-state index is 12.8. The van der Waals surface area contributed by atoms with Crippen molar-refractivity contribution in [1.82, 2.24) is 14.2 Å². The number of pyridine rings is 1. The van der Waals surface area contributed by atoms with Crippen molar-refractivity contribution < 1.29 is 18.0 Å². The van der Waals surface area contributed by atoms with E-state index in [9.17, 15) is 18.0 Å².